The first kappa shape index (κ1) is 15.7. The molecule has 2 aromatic rings. The molecule has 1 aliphatic rings. The zero-order valence-corrected chi connectivity index (χ0v) is 13.3. The Morgan fingerprint density at radius 3 is 2.91 bits per heavy atom. The Balaban J connectivity index is 1.42. The lowest BCUT2D eigenvalue weighted by Gasteiger charge is -2.24. The van der Waals surface area contributed by atoms with Crippen molar-refractivity contribution in [2.45, 2.75) is 31.8 Å². The number of ether oxygens (including phenoxy) is 1. The minimum Gasteiger partial charge on any atom is -0.371 e. The van der Waals surface area contributed by atoms with Crippen LogP contribution in [0.5, 0.6) is 0 Å². The highest BCUT2D eigenvalue weighted by Crippen LogP contribution is 2.18. The van der Waals surface area contributed by atoms with Gasteiger partial charge in [0, 0.05) is 18.9 Å². The summed E-state index contributed by atoms with van der Waals surface area (Å²) in [6, 6.07) is 12.3. The van der Waals surface area contributed by atoms with Gasteiger partial charge in [-0.1, -0.05) is 30.3 Å². The van der Waals surface area contributed by atoms with Crippen LogP contribution in [0.1, 0.15) is 18.4 Å². The summed E-state index contributed by atoms with van der Waals surface area (Å²) in [4.78, 5) is 14.3. The van der Waals surface area contributed by atoms with Gasteiger partial charge in [0.15, 0.2) is 0 Å². The summed E-state index contributed by atoms with van der Waals surface area (Å²) in [7, 11) is 0. The molecule has 5 nitrogen and oxygen atoms in total. The summed E-state index contributed by atoms with van der Waals surface area (Å²) in [6.45, 7) is 2.34. The fourth-order valence-corrected chi connectivity index (χ4v) is 3.06. The van der Waals surface area contributed by atoms with Gasteiger partial charge < -0.3 is 9.64 Å². The maximum absolute atomic E-state index is 12.4. The number of aromatic nitrogens is 2. The molecule has 0 spiro atoms. The third-order valence-corrected chi connectivity index (χ3v) is 4.26. The molecule has 2 heterocycles. The third-order valence-electron chi connectivity index (χ3n) is 4.26. The lowest BCUT2D eigenvalue weighted by Crippen LogP contribution is -2.40. The summed E-state index contributed by atoms with van der Waals surface area (Å²) in [5.41, 5.74) is 1.23. The molecular formula is C18H23N3O2. The molecule has 1 amide bonds. The van der Waals surface area contributed by atoms with E-state index < -0.39 is 0 Å². The van der Waals surface area contributed by atoms with Crippen molar-refractivity contribution < 1.29 is 9.53 Å². The fraction of sp³-hybridized carbons (Fsp3) is 0.444. The molecule has 1 saturated heterocycles. The van der Waals surface area contributed by atoms with Crippen LogP contribution in [0.4, 0.5) is 0 Å². The molecule has 0 unspecified atom stereocenters. The highest BCUT2D eigenvalue weighted by atomic mass is 16.5. The average Bonchev–Trinajstić information content (AvgIpc) is 3.25. The Labute approximate surface area is 136 Å². The zero-order chi connectivity index (χ0) is 15.9. The number of amides is 1. The standard InChI is InChI=1S/C18H23N3O2/c22-18(15-23-13-9-16-6-2-1-3-7-16)21-12-4-8-17(21)14-20-11-5-10-19-20/h1-3,5-7,10-11,17H,4,8-9,12-15H2/t17-/m1/s1. The van der Waals surface area contributed by atoms with Crippen molar-refractivity contribution in [3.63, 3.8) is 0 Å². The van der Waals surface area contributed by atoms with Crippen LogP contribution in [-0.2, 0) is 22.5 Å². The highest BCUT2D eigenvalue weighted by Gasteiger charge is 2.28. The topological polar surface area (TPSA) is 47.4 Å². The molecule has 1 atom stereocenters. The molecule has 1 aromatic heterocycles. The molecule has 1 fully saturated rings. The van der Waals surface area contributed by atoms with Crippen molar-refractivity contribution in [2.75, 3.05) is 19.8 Å². The Hall–Kier alpha value is -2.14. The predicted molar refractivity (Wildman–Crippen MR) is 87.9 cm³/mol. The van der Waals surface area contributed by atoms with Gasteiger partial charge in [-0.15, -0.1) is 0 Å². The number of hydrogen-bond donors (Lipinski definition) is 0. The van der Waals surface area contributed by atoms with Gasteiger partial charge in [0.2, 0.25) is 5.91 Å². The second-order valence-corrected chi connectivity index (χ2v) is 5.90. The third kappa shape index (κ3) is 4.42. The maximum Gasteiger partial charge on any atom is 0.248 e. The normalized spacial score (nSPS) is 17.6. The minimum absolute atomic E-state index is 0.0905. The second kappa shape index (κ2) is 7.92. The van der Waals surface area contributed by atoms with E-state index in [2.05, 4.69) is 17.2 Å². The molecule has 1 aliphatic heterocycles. The number of hydrogen-bond acceptors (Lipinski definition) is 3. The van der Waals surface area contributed by atoms with Gasteiger partial charge in [-0.05, 0) is 30.9 Å². The van der Waals surface area contributed by atoms with Crippen molar-refractivity contribution in [1.29, 1.82) is 0 Å². The molecule has 0 bridgehead atoms. The van der Waals surface area contributed by atoms with E-state index in [1.165, 1.54) is 5.56 Å². The summed E-state index contributed by atoms with van der Waals surface area (Å²) in [5.74, 6) is 0.0905. The molecular weight excluding hydrogens is 290 g/mol. The molecule has 5 heteroatoms. The van der Waals surface area contributed by atoms with E-state index in [0.29, 0.717) is 6.61 Å². The van der Waals surface area contributed by atoms with Crippen LogP contribution in [0.15, 0.2) is 48.8 Å². The number of likely N-dealkylation sites (tertiary alicyclic amines) is 1. The molecule has 3 rings (SSSR count). The van der Waals surface area contributed by atoms with E-state index in [1.54, 1.807) is 6.20 Å². The van der Waals surface area contributed by atoms with Crippen LogP contribution in [0.3, 0.4) is 0 Å². The van der Waals surface area contributed by atoms with Gasteiger partial charge in [0.25, 0.3) is 0 Å². The Bertz CT molecular complexity index is 598. The molecule has 0 aliphatic carbocycles. The van der Waals surface area contributed by atoms with Gasteiger partial charge >= 0.3 is 0 Å². The van der Waals surface area contributed by atoms with Gasteiger partial charge in [-0.3, -0.25) is 9.48 Å². The lowest BCUT2D eigenvalue weighted by molar-refractivity contribution is -0.137. The number of nitrogens with zero attached hydrogens (tertiary/aromatic N) is 3. The van der Waals surface area contributed by atoms with Crippen molar-refractivity contribution in [1.82, 2.24) is 14.7 Å². The summed E-state index contributed by atoms with van der Waals surface area (Å²) >= 11 is 0. The van der Waals surface area contributed by atoms with Crippen molar-refractivity contribution in [3.8, 4) is 0 Å². The highest BCUT2D eigenvalue weighted by molar-refractivity contribution is 5.78. The van der Waals surface area contributed by atoms with Gasteiger partial charge in [-0.25, -0.2) is 0 Å². The number of carbonyl (C=O) groups excluding carboxylic acids is 1. The van der Waals surface area contributed by atoms with Crippen LogP contribution < -0.4 is 0 Å². The largest absolute Gasteiger partial charge is 0.371 e. The summed E-state index contributed by atoms with van der Waals surface area (Å²) in [6.07, 6.45) is 6.65. The van der Waals surface area contributed by atoms with E-state index in [4.69, 9.17) is 4.74 Å². The first-order chi connectivity index (χ1) is 11.3. The van der Waals surface area contributed by atoms with E-state index in [9.17, 15) is 4.79 Å². The van der Waals surface area contributed by atoms with E-state index >= 15 is 0 Å². The Morgan fingerprint density at radius 1 is 1.26 bits per heavy atom. The SMILES string of the molecule is O=C(COCCc1ccccc1)N1CCC[C@@H]1Cn1cccn1. The van der Waals surface area contributed by atoms with E-state index in [1.807, 2.05) is 40.0 Å². The fourth-order valence-electron chi connectivity index (χ4n) is 3.06. The zero-order valence-electron chi connectivity index (χ0n) is 13.3. The maximum atomic E-state index is 12.4. The Morgan fingerprint density at radius 2 is 2.13 bits per heavy atom. The molecule has 0 N–H and O–H groups in total. The minimum atomic E-state index is 0.0905. The molecule has 23 heavy (non-hydrogen) atoms. The first-order valence-electron chi connectivity index (χ1n) is 8.21. The van der Waals surface area contributed by atoms with Crippen LogP contribution >= 0.6 is 0 Å². The Kier molecular flexibility index (Phi) is 5.42. The lowest BCUT2D eigenvalue weighted by atomic mass is 10.2. The van der Waals surface area contributed by atoms with Crippen molar-refractivity contribution in [3.05, 3.63) is 54.4 Å². The van der Waals surface area contributed by atoms with Gasteiger partial charge in [0.1, 0.15) is 6.61 Å². The molecule has 0 saturated carbocycles. The van der Waals surface area contributed by atoms with E-state index in [-0.39, 0.29) is 18.6 Å². The summed E-state index contributed by atoms with van der Waals surface area (Å²) in [5, 5.41) is 4.23. The van der Waals surface area contributed by atoms with Crippen LogP contribution in [0.2, 0.25) is 0 Å². The van der Waals surface area contributed by atoms with E-state index in [0.717, 1.165) is 32.4 Å². The average molecular weight is 313 g/mol. The first-order valence-corrected chi connectivity index (χ1v) is 8.21. The van der Waals surface area contributed by atoms with Crippen molar-refractivity contribution >= 4 is 5.91 Å². The second-order valence-electron chi connectivity index (χ2n) is 5.90. The van der Waals surface area contributed by atoms with Crippen LogP contribution in [0.25, 0.3) is 0 Å². The molecule has 0 radical (unpaired) electrons. The molecule has 122 valence electrons. The quantitative estimate of drug-likeness (QED) is 0.736. The summed E-state index contributed by atoms with van der Waals surface area (Å²) < 4.78 is 7.48. The van der Waals surface area contributed by atoms with Crippen molar-refractivity contribution in [2.24, 2.45) is 0 Å². The van der Waals surface area contributed by atoms with Crippen LogP contribution in [0, 0.1) is 0 Å². The smallest absolute Gasteiger partial charge is 0.248 e. The van der Waals surface area contributed by atoms with Gasteiger partial charge in [-0.2, -0.15) is 5.10 Å². The monoisotopic (exact) mass is 313 g/mol. The molecule has 1 aromatic carbocycles. The number of carbonyl (C=O) groups is 1. The van der Waals surface area contributed by atoms with Gasteiger partial charge in [0.05, 0.1) is 19.2 Å². The number of benzene rings is 1. The number of rotatable bonds is 7. The van der Waals surface area contributed by atoms with Crippen LogP contribution in [-0.4, -0.2) is 46.4 Å². The predicted octanol–water partition coefficient (Wildman–Crippen LogP) is 2.13.